The molecule has 2 atom stereocenters. The van der Waals surface area contributed by atoms with Crippen molar-refractivity contribution in [1.29, 1.82) is 0 Å². The number of carbonyl (C=O) groups is 1. The number of hydrogen-bond acceptors (Lipinski definition) is 4. The van der Waals surface area contributed by atoms with Gasteiger partial charge in [-0.25, -0.2) is 4.98 Å². The van der Waals surface area contributed by atoms with Crippen molar-refractivity contribution >= 4 is 33.2 Å². The molecule has 5 nitrogen and oxygen atoms in total. The highest BCUT2D eigenvalue weighted by molar-refractivity contribution is 9.10. The predicted octanol–water partition coefficient (Wildman–Crippen LogP) is 3.11. The summed E-state index contributed by atoms with van der Waals surface area (Å²) in [6.45, 7) is 0. The van der Waals surface area contributed by atoms with E-state index in [2.05, 4.69) is 30.9 Å². The van der Waals surface area contributed by atoms with Crippen molar-refractivity contribution < 1.29 is 4.79 Å². The van der Waals surface area contributed by atoms with E-state index in [-0.39, 0.29) is 5.91 Å². The zero-order valence-corrected chi connectivity index (χ0v) is 13.8. The fourth-order valence-electron chi connectivity index (χ4n) is 3.66. The highest BCUT2D eigenvalue weighted by atomic mass is 79.9. The summed E-state index contributed by atoms with van der Waals surface area (Å²) >= 11 is 4.93. The normalized spacial score (nSPS) is 28.0. The molecular weight excluding hydrogens is 352 g/mol. The Morgan fingerprint density at radius 2 is 2.05 bits per heavy atom. The lowest BCUT2D eigenvalue weighted by atomic mass is 9.97. The quantitative estimate of drug-likeness (QED) is 0.820. The fourth-order valence-corrected chi connectivity index (χ4v) is 4.49. The second-order valence-corrected chi connectivity index (χ2v) is 7.37. The Bertz CT molecular complexity index is 642. The number of carbonyl (C=O) groups excluding carboxylic acids is 1. The first kappa shape index (κ1) is 13.5. The van der Waals surface area contributed by atoms with Crippen LogP contribution in [0.25, 0.3) is 0 Å². The van der Waals surface area contributed by atoms with Gasteiger partial charge in [0.05, 0.1) is 22.2 Å². The summed E-state index contributed by atoms with van der Waals surface area (Å²) in [5, 5.41) is 6.26. The third-order valence-electron chi connectivity index (χ3n) is 4.54. The second kappa shape index (κ2) is 5.21. The molecule has 2 aromatic heterocycles. The molecule has 2 fully saturated rings. The fraction of sp³-hybridized carbons (Fsp3) is 0.500. The maximum atomic E-state index is 12.6. The molecule has 0 spiro atoms. The van der Waals surface area contributed by atoms with Gasteiger partial charge >= 0.3 is 0 Å². The van der Waals surface area contributed by atoms with E-state index in [0.29, 0.717) is 23.8 Å². The lowest BCUT2D eigenvalue weighted by molar-refractivity contribution is 0.0519. The summed E-state index contributed by atoms with van der Waals surface area (Å²) < 4.78 is 3.05. The molecule has 0 radical (unpaired) electrons. The van der Waals surface area contributed by atoms with E-state index in [1.807, 2.05) is 22.5 Å². The number of aromatic nitrogens is 3. The Kier molecular flexibility index (Phi) is 3.34. The maximum Gasteiger partial charge on any atom is 0.273 e. The van der Waals surface area contributed by atoms with Crippen LogP contribution in [0.15, 0.2) is 27.8 Å². The lowest BCUT2D eigenvalue weighted by Gasteiger charge is -2.38. The summed E-state index contributed by atoms with van der Waals surface area (Å²) in [6, 6.07) is 1.05. The van der Waals surface area contributed by atoms with E-state index in [0.717, 1.165) is 30.2 Å². The molecule has 2 aliphatic heterocycles. The van der Waals surface area contributed by atoms with Crippen LogP contribution in [0.5, 0.6) is 0 Å². The smallest absolute Gasteiger partial charge is 0.273 e. The summed E-state index contributed by atoms with van der Waals surface area (Å²) in [4.78, 5) is 18.9. The van der Waals surface area contributed by atoms with E-state index in [4.69, 9.17) is 0 Å². The molecule has 0 aliphatic carbocycles. The minimum absolute atomic E-state index is 0.101. The Labute approximate surface area is 135 Å². The summed E-state index contributed by atoms with van der Waals surface area (Å²) in [7, 11) is 0. The topological polar surface area (TPSA) is 51.0 Å². The summed E-state index contributed by atoms with van der Waals surface area (Å²) in [5.74, 6) is 0.101. The Morgan fingerprint density at radius 1 is 1.29 bits per heavy atom. The number of amides is 1. The number of thiazole rings is 1. The van der Waals surface area contributed by atoms with Gasteiger partial charge in [-0.15, -0.1) is 11.3 Å². The molecule has 4 rings (SSSR count). The average Bonchev–Trinajstić information content (AvgIpc) is 3.18. The lowest BCUT2D eigenvalue weighted by Crippen LogP contribution is -2.47. The van der Waals surface area contributed by atoms with Crippen molar-refractivity contribution in [1.82, 2.24) is 19.7 Å². The second-order valence-electron chi connectivity index (χ2n) is 5.73. The Balaban J connectivity index is 1.55. The van der Waals surface area contributed by atoms with Crippen LogP contribution in [0.1, 0.15) is 42.2 Å². The Hall–Kier alpha value is -1.21. The molecule has 2 aromatic rings. The summed E-state index contributed by atoms with van der Waals surface area (Å²) in [5.41, 5.74) is 2.32. The van der Waals surface area contributed by atoms with Crippen LogP contribution >= 0.6 is 27.3 Å². The third-order valence-corrected chi connectivity index (χ3v) is 5.53. The van der Waals surface area contributed by atoms with E-state index < -0.39 is 0 Å². The van der Waals surface area contributed by atoms with Crippen LogP contribution < -0.4 is 0 Å². The number of fused-ring (bicyclic) bond motifs is 2. The first-order valence-electron chi connectivity index (χ1n) is 7.13. The maximum absolute atomic E-state index is 12.6. The highest BCUT2D eigenvalue weighted by Crippen LogP contribution is 2.41. The van der Waals surface area contributed by atoms with Crippen LogP contribution in [-0.2, 0) is 0 Å². The SMILES string of the molecule is O=C(c1cscn1)N1C2CCC1CC(n1cc(Br)cn1)C2. The van der Waals surface area contributed by atoms with Gasteiger partial charge in [0.1, 0.15) is 5.69 Å². The molecular formula is C14H15BrN4OS. The molecule has 0 saturated carbocycles. The van der Waals surface area contributed by atoms with Crippen molar-refractivity contribution in [3.8, 4) is 0 Å². The number of nitrogens with zero attached hydrogens (tertiary/aromatic N) is 4. The summed E-state index contributed by atoms with van der Waals surface area (Å²) in [6.07, 6.45) is 8.02. The molecule has 2 aliphatic rings. The molecule has 2 unspecified atom stereocenters. The van der Waals surface area contributed by atoms with Crippen LogP contribution in [0.3, 0.4) is 0 Å². The van der Waals surface area contributed by atoms with Crippen LogP contribution in [-0.4, -0.2) is 37.7 Å². The van der Waals surface area contributed by atoms with Crippen molar-refractivity contribution in [2.24, 2.45) is 0 Å². The first-order chi connectivity index (χ1) is 10.2. The predicted molar refractivity (Wildman–Crippen MR) is 83.3 cm³/mol. The van der Waals surface area contributed by atoms with Gasteiger partial charge in [0.2, 0.25) is 0 Å². The van der Waals surface area contributed by atoms with E-state index >= 15 is 0 Å². The first-order valence-corrected chi connectivity index (χ1v) is 8.86. The van der Waals surface area contributed by atoms with Gasteiger partial charge in [-0.05, 0) is 41.6 Å². The van der Waals surface area contributed by atoms with Crippen molar-refractivity contribution in [3.05, 3.63) is 33.5 Å². The third kappa shape index (κ3) is 2.32. The van der Waals surface area contributed by atoms with Gasteiger partial charge in [0, 0.05) is 23.7 Å². The van der Waals surface area contributed by atoms with Gasteiger partial charge in [0.15, 0.2) is 0 Å². The monoisotopic (exact) mass is 366 g/mol. The van der Waals surface area contributed by atoms with Crippen LogP contribution in [0.2, 0.25) is 0 Å². The number of rotatable bonds is 2. The highest BCUT2D eigenvalue weighted by Gasteiger charge is 2.44. The van der Waals surface area contributed by atoms with Crippen molar-refractivity contribution in [2.45, 2.75) is 43.8 Å². The molecule has 21 heavy (non-hydrogen) atoms. The molecule has 2 bridgehead atoms. The van der Waals surface area contributed by atoms with E-state index in [1.54, 1.807) is 5.51 Å². The molecule has 2 saturated heterocycles. The standard InChI is InChI=1S/C14H15BrN4OS/c15-9-5-17-18(6-9)12-3-10-1-2-11(4-12)19(10)14(20)13-7-21-8-16-13/h5-8,10-12H,1-4H2. The molecule has 4 heterocycles. The number of hydrogen-bond donors (Lipinski definition) is 0. The number of halogens is 1. The average molecular weight is 367 g/mol. The molecule has 1 amide bonds. The zero-order chi connectivity index (χ0) is 14.4. The Morgan fingerprint density at radius 3 is 2.62 bits per heavy atom. The van der Waals surface area contributed by atoms with Gasteiger partial charge in [-0.1, -0.05) is 0 Å². The van der Waals surface area contributed by atoms with Crippen molar-refractivity contribution in [2.75, 3.05) is 0 Å². The van der Waals surface area contributed by atoms with Gasteiger partial charge in [0.25, 0.3) is 5.91 Å². The van der Waals surface area contributed by atoms with E-state index in [1.165, 1.54) is 11.3 Å². The molecule has 7 heteroatoms. The largest absolute Gasteiger partial charge is 0.331 e. The molecule has 110 valence electrons. The number of piperidine rings is 1. The van der Waals surface area contributed by atoms with Gasteiger partial charge in [-0.3, -0.25) is 9.48 Å². The minimum atomic E-state index is 0.101. The van der Waals surface area contributed by atoms with Crippen LogP contribution in [0.4, 0.5) is 0 Å². The van der Waals surface area contributed by atoms with Crippen molar-refractivity contribution in [3.63, 3.8) is 0 Å². The minimum Gasteiger partial charge on any atom is -0.331 e. The van der Waals surface area contributed by atoms with E-state index in [9.17, 15) is 4.79 Å². The van der Waals surface area contributed by atoms with Gasteiger partial charge < -0.3 is 4.90 Å². The zero-order valence-electron chi connectivity index (χ0n) is 11.4. The van der Waals surface area contributed by atoms with Gasteiger partial charge in [-0.2, -0.15) is 5.10 Å². The molecule has 0 N–H and O–H groups in total. The molecule has 0 aromatic carbocycles. The van der Waals surface area contributed by atoms with Crippen LogP contribution in [0, 0.1) is 0 Å².